The lowest BCUT2D eigenvalue weighted by Gasteiger charge is -2.34. The number of nitrogens with zero attached hydrogens (tertiary/aromatic N) is 5. The first-order valence-electron chi connectivity index (χ1n) is 9.53. The number of likely N-dealkylation sites (N-methyl/N-ethyl adjacent to an activating group) is 1. The molecular weight excluding hydrogens is 330 g/mol. The summed E-state index contributed by atoms with van der Waals surface area (Å²) in [4.78, 5) is 14.0. The molecule has 0 bridgehead atoms. The van der Waals surface area contributed by atoms with Crippen LogP contribution in [0.2, 0.25) is 0 Å². The Morgan fingerprint density at radius 3 is 3.04 bits per heavy atom. The number of hydrogen-bond acceptors (Lipinski definition) is 8. The van der Waals surface area contributed by atoms with E-state index < -0.39 is 0 Å². The minimum atomic E-state index is 0.185. The van der Waals surface area contributed by atoms with Crippen LogP contribution in [0.25, 0.3) is 0 Å². The predicted octanol–water partition coefficient (Wildman–Crippen LogP) is 0.245. The molecule has 0 aliphatic carbocycles. The highest BCUT2D eigenvalue weighted by atomic mass is 16.5. The number of nitrogens with one attached hydrogen (secondary N) is 2. The number of anilines is 1. The summed E-state index contributed by atoms with van der Waals surface area (Å²) in [5.74, 6) is 0.971. The number of hydrogen-bond donors (Lipinski definition) is 2. The first-order chi connectivity index (χ1) is 12.7. The zero-order valence-corrected chi connectivity index (χ0v) is 15.4. The number of ether oxygens (including phenoxy) is 1. The van der Waals surface area contributed by atoms with Crippen LogP contribution in [0.1, 0.15) is 30.5 Å². The van der Waals surface area contributed by atoms with Gasteiger partial charge in [0.15, 0.2) is 0 Å². The van der Waals surface area contributed by atoms with Crippen LogP contribution >= 0.6 is 0 Å². The van der Waals surface area contributed by atoms with Gasteiger partial charge in [-0.15, -0.1) is 0 Å². The Morgan fingerprint density at radius 1 is 1.31 bits per heavy atom. The van der Waals surface area contributed by atoms with E-state index in [-0.39, 0.29) is 6.04 Å². The molecule has 2 N–H and O–H groups in total. The highest BCUT2D eigenvalue weighted by molar-refractivity contribution is 5.52. The Kier molecular flexibility index (Phi) is 5.20. The highest BCUT2D eigenvalue weighted by Crippen LogP contribution is 2.28. The maximum absolute atomic E-state index is 9.00. The summed E-state index contributed by atoms with van der Waals surface area (Å²) in [5, 5.41) is 15.8. The van der Waals surface area contributed by atoms with Crippen molar-refractivity contribution in [3.05, 3.63) is 11.3 Å². The average molecular weight is 357 g/mol. The van der Waals surface area contributed by atoms with E-state index in [0.717, 1.165) is 50.8 Å². The van der Waals surface area contributed by atoms with E-state index in [1.807, 2.05) is 0 Å². The van der Waals surface area contributed by atoms with Gasteiger partial charge in [-0.2, -0.15) is 15.2 Å². The van der Waals surface area contributed by atoms with Gasteiger partial charge in [-0.3, -0.25) is 0 Å². The zero-order chi connectivity index (χ0) is 17.9. The lowest BCUT2D eigenvalue weighted by molar-refractivity contribution is 0.187. The van der Waals surface area contributed by atoms with Crippen molar-refractivity contribution in [1.82, 2.24) is 25.5 Å². The quantitative estimate of drug-likeness (QED) is 0.775. The third-order valence-electron chi connectivity index (χ3n) is 5.61. The van der Waals surface area contributed by atoms with Gasteiger partial charge in [-0.1, -0.05) is 0 Å². The second-order valence-electron chi connectivity index (χ2n) is 7.41. The molecule has 140 valence electrons. The average Bonchev–Trinajstić information content (AvgIpc) is 3.28. The Balaban J connectivity index is 1.52. The standard InChI is InChI=1S/C18H27N7O/c1-24-7-2-3-14(24)12-26-18-22-16-10-20-9-15(16)17(23-18)25-8-6-21-13(11-25)4-5-19/h13-14,20-21H,2-4,6-12H2,1H3. The molecule has 3 aliphatic rings. The molecule has 3 aliphatic heterocycles. The smallest absolute Gasteiger partial charge is 0.318 e. The van der Waals surface area contributed by atoms with Crippen molar-refractivity contribution >= 4 is 5.82 Å². The third kappa shape index (κ3) is 3.61. The van der Waals surface area contributed by atoms with E-state index in [1.54, 1.807) is 0 Å². The molecule has 2 fully saturated rings. The van der Waals surface area contributed by atoms with Crippen LogP contribution in [-0.2, 0) is 13.1 Å². The lowest BCUT2D eigenvalue weighted by atomic mass is 10.1. The molecule has 4 rings (SSSR count). The van der Waals surface area contributed by atoms with Crippen LogP contribution in [0.3, 0.4) is 0 Å². The van der Waals surface area contributed by atoms with Crippen molar-refractivity contribution in [2.24, 2.45) is 0 Å². The van der Waals surface area contributed by atoms with Gasteiger partial charge < -0.3 is 25.2 Å². The van der Waals surface area contributed by atoms with E-state index in [1.165, 1.54) is 18.4 Å². The van der Waals surface area contributed by atoms with Gasteiger partial charge >= 0.3 is 6.01 Å². The fourth-order valence-electron chi connectivity index (χ4n) is 4.08. The van der Waals surface area contributed by atoms with E-state index >= 15 is 0 Å². The summed E-state index contributed by atoms with van der Waals surface area (Å²) in [6, 6.07) is 3.39. The lowest BCUT2D eigenvalue weighted by Crippen LogP contribution is -2.51. The van der Waals surface area contributed by atoms with Crippen LogP contribution in [0, 0.1) is 11.3 Å². The molecule has 2 unspecified atom stereocenters. The third-order valence-corrected chi connectivity index (χ3v) is 5.61. The van der Waals surface area contributed by atoms with Gasteiger partial charge in [0.1, 0.15) is 12.4 Å². The number of aromatic nitrogens is 2. The molecule has 0 amide bonds. The van der Waals surface area contributed by atoms with Gasteiger partial charge in [-0.05, 0) is 26.4 Å². The fourth-order valence-corrected chi connectivity index (χ4v) is 4.08. The Hall–Kier alpha value is -1.95. The molecular formula is C18H27N7O. The van der Waals surface area contributed by atoms with Crippen LogP contribution in [-0.4, -0.2) is 66.8 Å². The number of rotatable bonds is 5. The molecule has 8 heteroatoms. The molecule has 1 aromatic heterocycles. The van der Waals surface area contributed by atoms with Gasteiger partial charge in [0.05, 0.1) is 18.2 Å². The van der Waals surface area contributed by atoms with Gasteiger partial charge in [0.25, 0.3) is 0 Å². The van der Waals surface area contributed by atoms with Crippen LogP contribution in [0.4, 0.5) is 5.82 Å². The zero-order valence-electron chi connectivity index (χ0n) is 15.4. The molecule has 2 atom stereocenters. The summed E-state index contributed by atoms with van der Waals surface area (Å²) in [5.41, 5.74) is 2.22. The molecule has 1 aromatic rings. The molecule has 26 heavy (non-hydrogen) atoms. The Morgan fingerprint density at radius 2 is 2.23 bits per heavy atom. The normalized spacial score (nSPS) is 25.9. The molecule has 0 radical (unpaired) electrons. The number of nitriles is 1. The highest BCUT2D eigenvalue weighted by Gasteiger charge is 2.28. The number of likely N-dealkylation sites (tertiary alicyclic amines) is 1. The fraction of sp³-hybridized carbons (Fsp3) is 0.722. The van der Waals surface area contributed by atoms with E-state index in [4.69, 9.17) is 15.0 Å². The number of fused-ring (bicyclic) bond motifs is 1. The first kappa shape index (κ1) is 17.5. The van der Waals surface area contributed by atoms with Crippen LogP contribution < -0.4 is 20.3 Å². The SMILES string of the molecule is CN1CCCC1COc1nc2c(c(N3CCNC(CC#N)C3)n1)CNC2. The maximum atomic E-state index is 9.00. The van der Waals surface area contributed by atoms with E-state index in [0.29, 0.717) is 25.1 Å². The van der Waals surface area contributed by atoms with Crippen LogP contribution in [0.15, 0.2) is 0 Å². The minimum absolute atomic E-state index is 0.185. The van der Waals surface area contributed by atoms with Crippen molar-refractivity contribution in [1.29, 1.82) is 5.26 Å². The summed E-state index contributed by atoms with van der Waals surface area (Å²) in [6.07, 6.45) is 2.91. The minimum Gasteiger partial charge on any atom is -0.462 e. The van der Waals surface area contributed by atoms with Crippen molar-refractivity contribution in [3.63, 3.8) is 0 Å². The predicted molar refractivity (Wildman–Crippen MR) is 98.0 cm³/mol. The Labute approximate surface area is 154 Å². The van der Waals surface area contributed by atoms with Crippen LogP contribution in [0.5, 0.6) is 6.01 Å². The molecule has 0 spiro atoms. The summed E-state index contributed by atoms with van der Waals surface area (Å²) in [6.45, 7) is 5.87. The second kappa shape index (κ2) is 7.74. The summed E-state index contributed by atoms with van der Waals surface area (Å²) in [7, 11) is 2.15. The summed E-state index contributed by atoms with van der Waals surface area (Å²) < 4.78 is 6.01. The van der Waals surface area contributed by atoms with E-state index in [2.05, 4.69) is 38.5 Å². The maximum Gasteiger partial charge on any atom is 0.318 e. The molecule has 2 saturated heterocycles. The monoisotopic (exact) mass is 357 g/mol. The topological polar surface area (TPSA) is 89.3 Å². The van der Waals surface area contributed by atoms with Gasteiger partial charge in [-0.25, -0.2) is 0 Å². The molecule has 0 saturated carbocycles. The van der Waals surface area contributed by atoms with Crippen molar-refractivity contribution in [3.8, 4) is 12.1 Å². The van der Waals surface area contributed by atoms with E-state index in [9.17, 15) is 0 Å². The largest absolute Gasteiger partial charge is 0.462 e. The Bertz CT molecular complexity index is 689. The van der Waals surface area contributed by atoms with Crippen molar-refractivity contribution in [2.45, 2.75) is 44.4 Å². The van der Waals surface area contributed by atoms with Crippen molar-refractivity contribution in [2.75, 3.05) is 44.7 Å². The summed E-state index contributed by atoms with van der Waals surface area (Å²) >= 11 is 0. The van der Waals surface area contributed by atoms with Gasteiger partial charge in [0.2, 0.25) is 0 Å². The van der Waals surface area contributed by atoms with Gasteiger partial charge in [0, 0.05) is 50.4 Å². The number of piperazine rings is 1. The second-order valence-corrected chi connectivity index (χ2v) is 7.41. The molecule has 0 aromatic carbocycles. The first-order valence-corrected chi connectivity index (χ1v) is 9.53. The molecule has 4 heterocycles. The van der Waals surface area contributed by atoms with Crippen molar-refractivity contribution < 1.29 is 4.74 Å². The molecule has 8 nitrogen and oxygen atoms in total.